The standard InChI is InChI=1S/C18H18N2O2S/c21-18(19-9-11-23-13-17-6-3-10-22-17)20-16-8-7-14-4-1-2-5-15(14)12-16/h1-8,10,12H,9,11,13H2,(H2,19,20,21). The summed E-state index contributed by atoms with van der Waals surface area (Å²) in [5.41, 5.74) is 0.796. The van der Waals surface area contributed by atoms with Crippen molar-refractivity contribution in [2.75, 3.05) is 17.6 Å². The molecule has 23 heavy (non-hydrogen) atoms. The second-order valence-electron chi connectivity index (χ2n) is 5.07. The van der Waals surface area contributed by atoms with Crippen LogP contribution >= 0.6 is 11.8 Å². The second-order valence-corrected chi connectivity index (χ2v) is 6.18. The maximum atomic E-state index is 11.9. The van der Waals surface area contributed by atoms with E-state index < -0.39 is 0 Å². The topological polar surface area (TPSA) is 54.3 Å². The molecule has 0 saturated carbocycles. The molecule has 1 heterocycles. The van der Waals surface area contributed by atoms with Gasteiger partial charge in [-0.15, -0.1) is 0 Å². The van der Waals surface area contributed by atoms with E-state index in [0.29, 0.717) is 6.54 Å². The van der Waals surface area contributed by atoms with Crippen molar-refractivity contribution in [3.05, 3.63) is 66.6 Å². The zero-order valence-corrected chi connectivity index (χ0v) is 13.4. The molecule has 118 valence electrons. The molecule has 2 aromatic carbocycles. The van der Waals surface area contributed by atoms with Crippen LogP contribution in [0.2, 0.25) is 0 Å². The predicted octanol–water partition coefficient (Wildman–Crippen LogP) is 4.49. The summed E-state index contributed by atoms with van der Waals surface area (Å²) >= 11 is 1.72. The van der Waals surface area contributed by atoms with Gasteiger partial charge in [-0.25, -0.2) is 4.79 Å². The van der Waals surface area contributed by atoms with Gasteiger partial charge in [-0.1, -0.05) is 30.3 Å². The number of anilines is 1. The van der Waals surface area contributed by atoms with Crippen LogP contribution in [0.1, 0.15) is 5.76 Å². The number of hydrogen-bond donors (Lipinski definition) is 2. The fraction of sp³-hybridized carbons (Fsp3) is 0.167. The van der Waals surface area contributed by atoms with Gasteiger partial charge in [0.15, 0.2) is 0 Å². The van der Waals surface area contributed by atoms with Gasteiger partial charge in [-0.2, -0.15) is 11.8 Å². The molecule has 2 amide bonds. The first-order chi connectivity index (χ1) is 11.3. The summed E-state index contributed by atoms with van der Waals surface area (Å²) < 4.78 is 5.25. The van der Waals surface area contributed by atoms with E-state index in [9.17, 15) is 4.79 Å². The zero-order valence-electron chi connectivity index (χ0n) is 12.6. The number of carbonyl (C=O) groups excluding carboxylic acids is 1. The number of hydrogen-bond acceptors (Lipinski definition) is 3. The molecule has 0 spiro atoms. The molecule has 4 nitrogen and oxygen atoms in total. The number of carbonyl (C=O) groups is 1. The van der Waals surface area contributed by atoms with Crippen molar-refractivity contribution in [3.63, 3.8) is 0 Å². The van der Waals surface area contributed by atoms with Gasteiger partial charge in [-0.05, 0) is 35.0 Å². The Morgan fingerprint density at radius 2 is 1.91 bits per heavy atom. The quantitative estimate of drug-likeness (QED) is 0.656. The molecule has 0 saturated heterocycles. The molecule has 0 aliphatic carbocycles. The van der Waals surface area contributed by atoms with E-state index in [-0.39, 0.29) is 6.03 Å². The predicted molar refractivity (Wildman–Crippen MR) is 95.8 cm³/mol. The highest BCUT2D eigenvalue weighted by molar-refractivity contribution is 7.98. The minimum Gasteiger partial charge on any atom is -0.468 e. The summed E-state index contributed by atoms with van der Waals surface area (Å²) in [6.07, 6.45) is 1.67. The number of rotatable bonds is 6. The van der Waals surface area contributed by atoms with Gasteiger partial charge in [0.05, 0.1) is 12.0 Å². The van der Waals surface area contributed by atoms with E-state index in [1.165, 1.54) is 0 Å². The minimum atomic E-state index is -0.182. The molecule has 3 rings (SSSR count). The van der Waals surface area contributed by atoms with Gasteiger partial charge in [0.2, 0.25) is 0 Å². The summed E-state index contributed by atoms with van der Waals surface area (Å²) in [7, 11) is 0. The maximum absolute atomic E-state index is 11.9. The third-order valence-electron chi connectivity index (χ3n) is 3.36. The second kappa shape index (κ2) is 7.74. The Kier molecular flexibility index (Phi) is 5.21. The summed E-state index contributed by atoms with van der Waals surface area (Å²) in [6, 6.07) is 17.6. The zero-order chi connectivity index (χ0) is 15.9. The van der Waals surface area contributed by atoms with E-state index in [1.54, 1.807) is 18.0 Å². The van der Waals surface area contributed by atoms with Gasteiger partial charge in [0.1, 0.15) is 5.76 Å². The van der Waals surface area contributed by atoms with E-state index in [1.807, 2.05) is 48.5 Å². The lowest BCUT2D eigenvalue weighted by molar-refractivity contribution is 0.252. The Morgan fingerprint density at radius 1 is 1.04 bits per heavy atom. The smallest absolute Gasteiger partial charge is 0.319 e. The van der Waals surface area contributed by atoms with Crippen molar-refractivity contribution in [2.45, 2.75) is 5.75 Å². The average molecular weight is 326 g/mol. The number of furan rings is 1. The number of fused-ring (bicyclic) bond motifs is 1. The molecular formula is C18H18N2O2S. The van der Waals surface area contributed by atoms with Crippen LogP contribution in [0.3, 0.4) is 0 Å². The van der Waals surface area contributed by atoms with Crippen LogP contribution in [0.5, 0.6) is 0 Å². The van der Waals surface area contributed by atoms with E-state index >= 15 is 0 Å². The minimum absolute atomic E-state index is 0.182. The first-order valence-electron chi connectivity index (χ1n) is 7.45. The Balaban J connectivity index is 1.41. The first-order valence-corrected chi connectivity index (χ1v) is 8.60. The number of thioether (sulfide) groups is 1. The molecule has 0 bridgehead atoms. The number of benzene rings is 2. The van der Waals surface area contributed by atoms with E-state index in [2.05, 4.69) is 16.7 Å². The van der Waals surface area contributed by atoms with Crippen molar-refractivity contribution in [1.82, 2.24) is 5.32 Å². The normalized spacial score (nSPS) is 10.6. The number of urea groups is 1. The lowest BCUT2D eigenvalue weighted by Crippen LogP contribution is -2.30. The van der Waals surface area contributed by atoms with Crippen LogP contribution in [0, 0.1) is 0 Å². The lowest BCUT2D eigenvalue weighted by atomic mass is 10.1. The van der Waals surface area contributed by atoms with Gasteiger partial charge in [0, 0.05) is 18.0 Å². The van der Waals surface area contributed by atoms with Gasteiger partial charge < -0.3 is 15.1 Å². The SMILES string of the molecule is O=C(NCCSCc1ccco1)Nc1ccc2ccccc2c1. The van der Waals surface area contributed by atoms with Gasteiger partial charge in [0.25, 0.3) is 0 Å². The Hall–Kier alpha value is -2.40. The van der Waals surface area contributed by atoms with Gasteiger partial charge >= 0.3 is 6.03 Å². The number of nitrogens with one attached hydrogen (secondary N) is 2. The highest BCUT2D eigenvalue weighted by Gasteiger charge is 2.02. The first kappa shape index (κ1) is 15.5. The molecular weight excluding hydrogens is 308 g/mol. The Morgan fingerprint density at radius 3 is 2.74 bits per heavy atom. The average Bonchev–Trinajstić information content (AvgIpc) is 3.08. The summed E-state index contributed by atoms with van der Waals surface area (Å²) in [5, 5.41) is 7.99. The third-order valence-corrected chi connectivity index (χ3v) is 4.35. The van der Waals surface area contributed by atoms with Crippen LogP contribution in [0.15, 0.2) is 65.3 Å². The summed E-state index contributed by atoms with van der Waals surface area (Å²) in [4.78, 5) is 11.9. The summed E-state index contributed by atoms with van der Waals surface area (Å²) in [6.45, 7) is 0.616. The summed E-state index contributed by atoms with van der Waals surface area (Å²) in [5.74, 6) is 2.61. The van der Waals surface area contributed by atoms with E-state index in [0.717, 1.165) is 33.7 Å². The molecule has 5 heteroatoms. The van der Waals surface area contributed by atoms with Crippen molar-refractivity contribution >= 4 is 34.3 Å². The molecule has 0 aliphatic heterocycles. The van der Waals surface area contributed by atoms with Crippen LogP contribution in [0.4, 0.5) is 10.5 Å². The van der Waals surface area contributed by atoms with Crippen molar-refractivity contribution in [1.29, 1.82) is 0 Å². The monoisotopic (exact) mass is 326 g/mol. The number of amides is 2. The van der Waals surface area contributed by atoms with Crippen LogP contribution in [-0.2, 0) is 5.75 Å². The van der Waals surface area contributed by atoms with Crippen molar-refractivity contribution in [3.8, 4) is 0 Å². The molecule has 3 aromatic rings. The molecule has 0 aliphatic rings. The fourth-order valence-corrected chi connectivity index (χ4v) is 3.00. The maximum Gasteiger partial charge on any atom is 0.319 e. The fourth-order valence-electron chi connectivity index (χ4n) is 2.25. The highest BCUT2D eigenvalue weighted by Crippen LogP contribution is 2.18. The largest absolute Gasteiger partial charge is 0.468 e. The molecule has 0 radical (unpaired) electrons. The van der Waals surface area contributed by atoms with Crippen LogP contribution in [-0.4, -0.2) is 18.3 Å². The molecule has 0 atom stereocenters. The van der Waals surface area contributed by atoms with Crippen LogP contribution in [0.25, 0.3) is 10.8 Å². The Bertz CT molecular complexity index is 772. The third kappa shape index (κ3) is 4.53. The molecule has 2 N–H and O–H groups in total. The molecule has 0 unspecified atom stereocenters. The van der Waals surface area contributed by atoms with Gasteiger partial charge in [-0.3, -0.25) is 0 Å². The Labute approximate surface area is 139 Å². The van der Waals surface area contributed by atoms with Crippen molar-refractivity contribution < 1.29 is 9.21 Å². The van der Waals surface area contributed by atoms with E-state index in [4.69, 9.17) is 4.42 Å². The molecule has 1 aromatic heterocycles. The molecule has 0 fully saturated rings. The highest BCUT2D eigenvalue weighted by atomic mass is 32.2. The van der Waals surface area contributed by atoms with Crippen LogP contribution < -0.4 is 10.6 Å². The lowest BCUT2D eigenvalue weighted by Gasteiger charge is -2.08. The van der Waals surface area contributed by atoms with Crippen molar-refractivity contribution in [2.24, 2.45) is 0 Å².